The highest BCUT2D eigenvalue weighted by Gasteiger charge is 2.49. The van der Waals surface area contributed by atoms with Crippen molar-refractivity contribution in [1.82, 2.24) is 0 Å². The minimum atomic E-state index is -0.226. The molecule has 2 saturated carbocycles. The van der Waals surface area contributed by atoms with Crippen LogP contribution in [0.2, 0.25) is 0 Å². The van der Waals surface area contributed by atoms with Crippen molar-refractivity contribution in [2.24, 2.45) is 11.3 Å². The largest absolute Gasteiger partial charge is 0.373 e. The van der Waals surface area contributed by atoms with Crippen LogP contribution in [-0.4, -0.2) is 18.0 Å². The number of ketones is 1. The molecule has 2 rings (SSSR count). The molecular formula is C14H24O2. The van der Waals surface area contributed by atoms with E-state index in [9.17, 15) is 4.79 Å². The van der Waals surface area contributed by atoms with E-state index in [0.29, 0.717) is 18.3 Å². The van der Waals surface area contributed by atoms with E-state index in [2.05, 4.69) is 6.92 Å². The third-order valence-corrected chi connectivity index (χ3v) is 4.60. The molecule has 0 saturated heterocycles. The molecule has 3 atom stereocenters. The highest BCUT2D eigenvalue weighted by molar-refractivity contribution is 5.91. The Morgan fingerprint density at radius 2 is 2.00 bits per heavy atom. The van der Waals surface area contributed by atoms with Crippen LogP contribution in [0.4, 0.5) is 0 Å². The number of Topliss-reactive ketones (excluding diaryl/α,β-unsaturated/α-hetero) is 1. The van der Waals surface area contributed by atoms with Crippen molar-refractivity contribution in [3.63, 3.8) is 0 Å². The highest BCUT2D eigenvalue weighted by atomic mass is 16.5. The molecule has 2 aliphatic rings. The predicted octanol–water partition coefficient (Wildman–Crippen LogP) is 3.34. The SMILES string of the molecule is CCC1CCCCC1OC1CC(=O)C1(C)C. The van der Waals surface area contributed by atoms with Crippen LogP contribution in [0.25, 0.3) is 0 Å². The van der Waals surface area contributed by atoms with E-state index in [1.54, 1.807) is 0 Å². The van der Waals surface area contributed by atoms with E-state index in [-0.39, 0.29) is 11.5 Å². The first-order chi connectivity index (χ1) is 7.55. The van der Waals surface area contributed by atoms with Crippen molar-refractivity contribution in [2.75, 3.05) is 0 Å². The normalized spacial score (nSPS) is 38.2. The molecule has 2 aliphatic carbocycles. The zero-order chi connectivity index (χ0) is 11.8. The van der Waals surface area contributed by atoms with Crippen molar-refractivity contribution < 1.29 is 9.53 Å². The maximum Gasteiger partial charge on any atom is 0.143 e. The lowest BCUT2D eigenvalue weighted by atomic mass is 9.67. The van der Waals surface area contributed by atoms with Crippen LogP contribution in [0, 0.1) is 11.3 Å². The lowest BCUT2D eigenvalue weighted by Crippen LogP contribution is -2.53. The molecular weight excluding hydrogens is 200 g/mol. The zero-order valence-corrected chi connectivity index (χ0v) is 10.8. The Kier molecular flexibility index (Phi) is 3.39. The fraction of sp³-hybridized carbons (Fsp3) is 0.929. The van der Waals surface area contributed by atoms with Crippen LogP contribution in [0.15, 0.2) is 0 Å². The molecule has 0 N–H and O–H groups in total. The van der Waals surface area contributed by atoms with Gasteiger partial charge in [0, 0.05) is 6.42 Å². The van der Waals surface area contributed by atoms with Gasteiger partial charge in [0.05, 0.1) is 17.6 Å². The van der Waals surface area contributed by atoms with Gasteiger partial charge in [0.2, 0.25) is 0 Å². The summed E-state index contributed by atoms with van der Waals surface area (Å²) in [4.78, 5) is 11.5. The van der Waals surface area contributed by atoms with Gasteiger partial charge >= 0.3 is 0 Å². The van der Waals surface area contributed by atoms with Gasteiger partial charge in [0.1, 0.15) is 5.78 Å². The van der Waals surface area contributed by atoms with Crippen LogP contribution >= 0.6 is 0 Å². The monoisotopic (exact) mass is 224 g/mol. The van der Waals surface area contributed by atoms with Gasteiger partial charge in [-0.3, -0.25) is 4.79 Å². The second kappa shape index (κ2) is 4.48. The molecule has 3 unspecified atom stereocenters. The Morgan fingerprint density at radius 1 is 1.31 bits per heavy atom. The van der Waals surface area contributed by atoms with E-state index in [4.69, 9.17) is 4.74 Å². The third-order valence-electron chi connectivity index (χ3n) is 4.60. The molecule has 0 aromatic rings. The van der Waals surface area contributed by atoms with Crippen molar-refractivity contribution in [2.45, 2.75) is 71.5 Å². The number of hydrogen-bond acceptors (Lipinski definition) is 2. The molecule has 0 bridgehead atoms. The first-order valence-corrected chi connectivity index (χ1v) is 6.74. The predicted molar refractivity (Wildman–Crippen MR) is 64.3 cm³/mol. The van der Waals surface area contributed by atoms with Gasteiger partial charge in [-0.2, -0.15) is 0 Å². The molecule has 0 heterocycles. The summed E-state index contributed by atoms with van der Waals surface area (Å²) in [6.45, 7) is 6.30. The maximum absolute atomic E-state index is 11.5. The molecule has 0 aromatic carbocycles. The second-order valence-electron chi connectivity index (χ2n) is 5.96. The first kappa shape index (κ1) is 12.1. The number of rotatable bonds is 3. The van der Waals surface area contributed by atoms with E-state index >= 15 is 0 Å². The van der Waals surface area contributed by atoms with Crippen LogP contribution < -0.4 is 0 Å². The fourth-order valence-electron chi connectivity index (χ4n) is 2.98. The van der Waals surface area contributed by atoms with Gasteiger partial charge in [-0.1, -0.05) is 40.0 Å². The van der Waals surface area contributed by atoms with Crippen molar-refractivity contribution >= 4 is 5.78 Å². The fourth-order valence-corrected chi connectivity index (χ4v) is 2.98. The highest BCUT2D eigenvalue weighted by Crippen LogP contribution is 2.42. The first-order valence-electron chi connectivity index (χ1n) is 6.74. The Bertz CT molecular complexity index is 270. The lowest BCUT2D eigenvalue weighted by Gasteiger charge is -2.45. The number of carbonyl (C=O) groups excluding carboxylic acids is 1. The third kappa shape index (κ3) is 2.04. The average molecular weight is 224 g/mol. The summed E-state index contributed by atoms with van der Waals surface area (Å²) in [5, 5.41) is 0. The van der Waals surface area contributed by atoms with Gasteiger partial charge in [-0.05, 0) is 18.8 Å². The van der Waals surface area contributed by atoms with Crippen molar-refractivity contribution in [3.8, 4) is 0 Å². The summed E-state index contributed by atoms with van der Waals surface area (Å²) in [6, 6.07) is 0. The van der Waals surface area contributed by atoms with Gasteiger partial charge in [0.25, 0.3) is 0 Å². The molecule has 2 nitrogen and oxygen atoms in total. The van der Waals surface area contributed by atoms with Gasteiger partial charge in [-0.15, -0.1) is 0 Å². The summed E-state index contributed by atoms with van der Waals surface area (Å²) in [5.41, 5.74) is -0.226. The zero-order valence-electron chi connectivity index (χ0n) is 10.8. The molecule has 2 fully saturated rings. The summed E-state index contributed by atoms with van der Waals surface area (Å²) in [6.07, 6.45) is 7.59. The molecule has 0 aromatic heterocycles. The Balaban J connectivity index is 1.91. The summed E-state index contributed by atoms with van der Waals surface area (Å²) < 4.78 is 6.20. The topological polar surface area (TPSA) is 26.3 Å². The Hall–Kier alpha value is -0.370. The molecule has 2 heteroatoms. The van der Waals surface area contributed by atoms with Crippen LogP contribution in [-0.2, 0) is 9.53 Å². The maximum atomic E-state index is 11.5. The van der Waals surface area contributed by atoms with Crippen LogP contribution in [0.5, 0.6) is 0 Å². The van der Waals surface area contributed by atoms with Crippen molar-refractivity contribution in [3.05, 3.63) is 0 Å². The van der Waals surface area contributed by atoms with Crippen LogP contribution in [0.1, 0.15) is 59.3 Å². The number of carbonyl (C=O) groups is 1. The molecule has 0 amide bonds. The molecule has 16 heavy (non-hydrogen) atoms. The standard InChI is InChI=1S/C14H24O2/c1-4-10-7-5-6-8-11(10)16-13-9-12(15)14(13,2)3/h10-11,13H,4-9H2,1-3H3. The number of hydrogen-bond donors (Lipinski definition) is 0. The second-order valence-corrected chi connectivity index (χ2v) is 5.96. The molecule has 92 valence electrons. The van der Waals surface area contributed by atoms with E-state index in [0.717, 1.165) is 5.92 Å². The lowest BCUT2D eigenvalue weighted by molar-refractivity contribution is -0.173. The average Bonchev–Trinajstić information content (AvgIpc) is 2.29. The summed E-state index contributed by atoms with van der Waals surface area (Å²) in [5.74, 6) is 1.08. The number of ether oxygens (including phenoxy) is 1. The van der Waals surface area contributed by atoms with Gasteiger partial charge in [0.15, 0.2) is 0 Å². The minimum absolute atomic E-state index is 0.178. The molecule has 0 spiro atoms. The van der Waals surface area contributed by atoms with E-state index in [1.807, 2.05) is 13.8 Å². The van der Waals surface area contributed by atoms with E-state index < -0.39 is 0 Å². The smallest absolute Gasteiger partial charge is 0.143 e. The Morgan fingerprint density at radius 3 is 2.56 bits per heavy atom. The van der Waals surface area contributed by atoms with Gasteiger partial charge < -0.3 is 4.74 Å². The van der Waals surface area contributed by atoms with E-state index in [1.165, 1.54) is 32.1 Å². The molecule has 0 aliphatic heterocycles. The van der Waals surface area contributed by atoms with Crippen LogP contribution in [0.3, 0.4) is 0 Å². The molecule has 0 radical (unpaired) electrons. The quantitative estimate of drug-likeness (QED) is 0.735. The van der Waals surface area contributed by atoms with Gasteiger partial charge in [-0.25, -0.2) is 0 Å². The Labute approximate surface area is 98.7 Å². The minimum Gasteiger partial charge on any atom is -0.373 e. The van der Waals surface area contributed by atoms with Crippen molar-refractivity contribution in [1.29, 1.82) is 0 Å². The summed E-state index contributed by atoms with van der Waals surface area (Å²) in [7, 11) is 0. The summed E-state index contributed by atoms with van der Waals surface area (Å²) >= 11 is 0.